The Labute approximate surface area is 192 Å². The average molecular weight is 466 g/mol. The van der Waals surface area contributed by atoms with Crippen LogP contribution >= 0.6 is 23.2 Å². The molecule has 0 saturated carbocycles. The molecule has 0 fully saturated rings. The van der Waals surface area contributed by atoms with Crippen molar-refractivity contribution in [2.75, 3.05) is 0 Å². The topological polar surface area (TPSA) is 63.2 Å². The fraction of sp³-hybridized carbons (Fsp3) is 0.0833. The van der Waals surface area contributed by atoms with Gasteiger partial charge in [-0.1, -0.05) is 41.4 Å². The van der Waals surface area contributed by atoms with Gasteiger partial charge in [0.2, 0.25) is 0 Å². The Balaban J connectivity index is 1.74. The summed E-state index contributed by atoms with van der Waals surface area (Å²) in [6, 6.07) is 14.8. The van der Waals surface area contributed by atoms with E-state index in [4.69, 9.17) is 23.2 Å². The average Bonchev–Trinajstić information content (AvgIpc) is 3.05. The molecule has 1 unspecified atom stereocenters. The highest BCUT2D eigenvalue weighted by Crippen LogP contribution is 2.38. The van der Waals surface area contributed by atoms with Crippen LogP contribution in [0.5, 0.6) is 0 Å². The molecule has 2 heterocycles. The minimum absolute atomic E-state index is 0.249. The van der Waals surface area contributed by atoms with Crippen molar-refractivity contribution in [2.24, 2.45) is 0 Å². The molecular formula is C24H14Cl2FN3O2. The van der Waals surface area contributed by atoms with Crippen molar-refractivity contribution >= 4 is 46.0 Å². The van der Waals surface area contributed by atoms with E-state index in [0.29, 0.717) is 38.4 Å². The summed E-state index contributed by atoms with van der Waals surface area (Å²) in [7, 11) is 0. The second kappa shape index (κ2) is 7.65. The van der Waals surface area contributed by atoms with Gasteiger partial charge in [0, 0.05) is 5.56 Å². The van der Waals surface area contributed by atoms with Crippen LogP contribution in [0.2, 0.25) is 10.0 Å². The number of aromatic nitrogens is 2. The predicted molar refractivity (Wildman–Crippen MR) is 120 cm³/mol. The number of hydrogen-bond acceptors (Lipinski definition) is 4. The standard InChI is InChI=1S/C24H14Cl2FN3O2/c1-12(30-23(31)14-5-2-3-6-15(14)24(30)32)20-21(16-11-13(27)9-10-17(16)25)29-22-18(26)7-4-8-19(22)28-20/h2-12H,1H3. The van der Waals surface area contributed by atoms with Gasteiger partial charge in [0.25, 0.3) is 11.8 Å². The molecule has 0 N–H and O–H groups in total. The van der Waals surface area contributed by atoms with Gasteiger partial charge in [-0.3, -0.25) is 14.5 Å². The number of imide groups is 1. The maximum absolute atomic E-state index is 14.1. The third-order valence-electron chi connectivity index (χ3n) is 5.46. The molecule has 5 rings (SSSR count). The number of carbonyl (C=O) groups excluding carboxylic acids is 2. The van der Waals surface area contributed by atoms with E-state index in [2.05, 4.69) is 9.97 Å². The second-order valence-electron chi connectivity index (χ2n) is 7.39. The molecule has 0 spiro atoms. The maximum atomic E-state index is 14.1. The normalized spacial score (nSPS) is 14.2. The third-order valence-corrected chi connectivity index (χ3v) is 6.10. The minimum Gasteiger partial charge on any atom is -0.269 e. The molecular weight excluding hydrogens is 452 g/mol. The summed E-state index contributed by atoms with van der Waals surface area (Å²) in [5, 5.41) is 0.617. The van der Waals surface area contributed by atoms with Gasteiger partial charge in [0.1, 0.15) is 11.3 Å². The van der Waals surface area contributed by atoms with Crippen molar-refractivity contribution in [3.63, 3.8) is 0 Å². The maximum Gasteiger partial charge on any atom is 0.262 e. The van der Waals surface area contributed by atoms with E-state index < -0.39 is 23.7 Å². The summed E-state index contributed by atoms with van der Waals surface area (Å²) in [6.07, 6.45) is 0. The molecule has 5 nitrogen and oxygen atoms in total. The van der Waals surface area contributed by atoms with E-state index in [0.717, 1.165) is 4.90 Å². The summed E-state index contributed by atoms with van der Waals surface area (Å²) < 4.78 is 14.1. The summed E-state index contributed by atoms with van der Waals surface area (Å²) >= 11 is 12.7. The van der Waals surface area contributed by atoms with Crippen LogP contribution < -0.4 is 0 Å². The quantitative estimate of drug-likeness (QED) is 0.343. The number of para-hydroxylation sites is 1. The molecule has 1 aliphatic heterocycles. The van der Waals surface area contributed by atoms with Gasteiger partial charge in [-0.2, -0.15) is 0 Å². The molecule has 4 aromatic rings. The molecule has 0 aliphatic carbocycles. The molecule has 0 radical (unpaired) electrons. The first-order valence-electron chi connectivity index (χ1n) is 9.75. The highest BCUT2D eigenvalue weighted by molar-refractivity contribution is 6.35. The Hall–Kier alpha value is -3.35. The molecule has 1 aromatic heterocycles. The number of halogens is 3. The third kappa shape index (κ3) is 3.15. The number of hydrogen-bond donors (Lipinski definition) is 0. The van der Waals surface area contributed by atoms with Crippen molar-refractivity contribution in [2.45, 2.75) is 13.0 Å². The number of benzene rings is 3. The monoisotopic (exact) mass is 465 g/mol. The highest BCUT2D eigenvalue weighted by Gasteiger charge is 2.40. The van der Waals surface area contributed by atoms with E-state index in [-0.39, 0.29) is 10.7 Å². The summed E-state index contributed by atoms with van der Waals surface area (Å²) in [5.74, 6) is -1.37. The first-order valence-corrected chi connectivity index (χ1v) is 10.5. The Morgan fingerprint density at radius 1 is 0.844 bits per heavy atom. The lowest BCUT2D eigenvalue weighted by atomic mass is 10.0. The van der Waals surface area contributed by atoms with Crippen LogP contribution in [-0.2, 0) is 0 Å². The number of rotatable bonds is 3. The number of carbonyl (C=O) groups is 2. The fourth-order valence-corrected chi connectivity index (χ4v) is 4.33. The largest absolute Gasteiger partial charge is 0.269 e. The zero-order chi connectivity index (χ0) is 22.6. The van der Waals surface area contributed by atoms with Crippen LogP contribution in [0.15, 0.2) is 60.7 Å². The molecule has 3 aromatic carbocycles. The summed E-state index contributed by atoms with van der Waals surface area (Å²) in [6.45, 7) is 1.68. The Morgan fingerprint density at radius 2 is 1.53 bits per heavy atom. The lowest BCUT2D eigenvalue weighted by Crippen LogP contribution is -2.33. The van der Waals surface area contributed by atoms with Crippen LogP contribution in [0.25, 0.3) is 22.3 Å². The van der Waals surface area contributed by atoms with Gasteiger partial charge in [-0.25, -0.2) is 14.4 Å². The molecule has 32 heavy (non-hydrogen) atoms. The van der Waals surface area contributed by atoms with E-state index >= 15 is 0 Å². The van der Waals surface area contributed by atoms with Crippen molar-refractivity contribution in [3.8, 4) is 11.3 Å². The lowest BCUT2D eigenvalue weighted by Gasteiger charge is -2.24. The van der Waals surface area contributed by atoms with Gasteiger partial charge in [0.05, 0.1) is 44.1 Å². The van der Waals surface area contributed by atoms with Gasteiger partial charge in [-0.15, -0.1) is 0 Å². The molecule has 0 bridgehead atoms. The van der Waals surface area contributed by atoms with Gasteiger partial charge in [0.15, 0.2) is 0 Å². The van der Waals surface area contributed by atoms with E-state index in [1.807, 2.05) is 0 Å². The van der Waals surface area contributed by atoms with Gasteiger partial charge < -0.3 is 0 Å². The van der Waals surface area contributed by atoms with Gasteiger partial charge >= 0.3 is 0 Å². The zero-order valence-corrected chi connectivity index (χ0v) is 18.2. The number of nitrogens with zero attached hydrogens (tertiary/aromatic N) is 3. The molecule has 1 aliphatic rings. The number of amides is 2. The molecule has 1 atom stereocenters. The number of fused-ring (bicyclic) bond motifs is 2. The second-order valence-corrected chi connectivity index (χ2v) is 8.21. The Morgan fingerprint density at radius 3 is 2.22 bits per heavy atom. The van der Waals surface area contributed by atoms with Crippen LogP contribution in [-0.4, -0.2) is 26.7 Å². The van der Waals surface area contributed by atoms with Crippen LogP contribution in [0, 0.1) is 5.82 Å². The van der Waals surface area contributed by atoms with Crippen LogP contribution in [0.4, 0.5) is 4.39 Å². The minimum atomic E-state index is -0.799. The van der Waals surface area contributed by atoms with E-state index in [1.54, 1.807) is 49.4 Å². The first-order chi connectivity index (χ1) is 15.4. The molecule has 0 saturated heterocycles. The summed E-state index contributed by atoms with van der Waals surface area (Å²) in [5.41, 5.74) is 2.38. The molecule has 2 amide bonds. The first kappa shape index (κ1) is 20.5. The van der Waals surface area contributed by atoms with Crippen molar-refractivity contribution in [3.05, 3.63) is 93.3 Å². The molecule has 8 heteroatoms. The zero-order valence-electron chi connectivity index (χ0n) is 16.6. The van der Waals surface area contributed by atoms with Crippen molar-refractivity contribution in [1.29, 1.82) is 0 Å². The van der Waals surface area contributed by atoms with Gasteiger partial charge in [-0.05, 0) is 49.4 Å². The SMILES string of the molecule is CC(c1nc2cccc(Cl)c2nc1-c1cc(F)ccc1Cl)N1C(=O)c2ccccc2C1=O. The predicted octanol–water partition coefficient (Wildman–Crippen LogP) is 6.10. The van der Waals surface area contributed by atoms with Crippen LogP contribution in [0.1, 0.15) is 39.4 Å². The van der Waals surface area contributed by atoms with Crippen LogP contribution in [0.3, 0.4) is 0 Å². The molecule has 158 valence electrons. The van der Waals surface area contributed by atoms with E-state index in [1.165, 1.54) is 18.2 Å². The lowest BCUT2D eigenvalue weighted by molar-refractivity contribution is 0.0592. The smallest absolute Gasteiger partial charge is 0.262 e. The Kier molecular flexibility index (Phi) is 4.92. The van der Waals surface area contributed by atoms with E-state index in [9.17, 15) is 14.0 Å². The Bertz CT molecular complexity index is 1410. The highest BCUT2D eigenvalue weighted by atomic mass is 35.5. The van der Waals surface area contributed by atoms with Crippen molar-refractivity contribution in [1.82, 2.24) is 14.9 Å². The fourth-order valence-electron chi connectivity index (χ4n) is 3.91. The summed E-state index contributed by atoms with van der Waals surface area (Å²) in [4.78, 5) is 36.6. The van der Waals surface area contributed by atoms with Crippen molar-refractivity contribution < 1.29 is 14.0 Å².